The maximum Gasteiger partial charge on any atom is 2.00 e. The molecule has 0 fully saturated rings. The first-order valence-electron chi connectivity index (χ1n) is 15.6. The number of hydrogen-bond donors (Lipinski definition) is 0. The van der Waals surface area contributed by atoms with E-state index in [-0.39, 0.29) is 21.1 Å². The standard InChI is InChI=1S/2C18H15P.2C3H8S.Pt/c2*1-4-10-16(11-5-1)19(17-12-6-2-7-13-17)18-14-8-3-9-15-18;2*1-3(2)4;/h2*1-15H;2*3-4H,1-2H3;/q;;;;+2/p-2. The molecule has 0 aliphatic heterocycles. The van der Waals surface area contributed by atoms with Gasteiger partial charge in [0, 0.05) is 0 Å². The van der Waals surface area contributed by atoms with E-state index in [0.29, 0.717) is 10.5 Å². The van der Waals surface area contributed by atoms with E-state index in [4.69, 9.17) is 0 Å². The summed E-state index contributed by atoms with van der Waals surface area (Å²) in [6, 6.07) is 64.7. The molecule has 0 aromatic heterocycles. The minimum absolute atomic E-state index is 0. The third-order valence-corrected chi connectivity index (χ3v) is 11.0. The van der Waals surface area contributed by atoms with Crippen LogP contribution in [0.4, 0.5) is 0 Å². The van der Waals surface area contributed by atoms with Crippen LogP contribution >= 0.6 is 15.8 Å². The van der Waals surface area contributed by atoms with Gasteiger partial charge in [-0.2, -0.15) is 10.5 Å². The summed E-state index contributed by atoms with van der Waals surface area (Å²) in [6.07, 6.45) is 0. The van der Waals surface area contributed by atoms with Crippen LogP contribution < -0.4 is 31.8 Å². The van der Waals surface area contributed by atoms with Gasteiger partial charge < -0.3 is 25.3 Å². The molecule has 244 valence electrons. The Morgan fingerprint density at radius 2 is 0.404 bits per heavy atom. The summed E-state index contributed by atoms with van der Waals surface area (Å²) < 4.78 is 0. The summed E-state index contributed by atoms with van der Waals surface area (Å²) in [4.78, 5) is 0. The van der Waals surface area contributed by atoms with Crippen molar-refractivity contribution in [3.05, 3.63) is 182 Å². The van der Waals surface area contributed by atoms with Crippen LogP contribution in [0.1, 0.15) is 27.7 Å². The molecule has 5 heteroatoms. The minimum atomic E-state index is -0.446. The van der Waals surface area contributed by atoms with E-state index in [1.807, 2.05) is 27.7 Å². The molecule has 0 saturated carbocycles. The van der Waals surface area contributed by atoms with Crippen LogP contribution in [-0.4, -0.2) is 10.5 Å². The predicted molar refractivity (Wildman–Crippen MR) is 215 cm³/mol. The van der Waals surface area contributed by atoms with Gasteiger partial charge in [0.05, 0.1) is 0 Å². The van der Waals surface area contributed by atoms with Gasteiger partial charge in [-0.1, -0.05) is 210 Å². The van der Waals surface area contributed by atoms with E-state index in [1.165, 1.54) is 31.8 Å². The van der Waals surface area contributed by atoms with Gasteiger partial charge in [0.2, 0.25) is 0 Å². The average molecular weight is 870 g/mol. The van der Waals surface area contributed by atoms with Crippen molar-refractivity contribution < 1.29 is 21.1 Å². The molecule has 0 aliphatic rings. The first-order chi connectivity index (χ1) is 22.4. The summed E-state index contributed by atoms with van der Waals surface area (Å²) in [6.45, 7) is 7.93. The van der Waals surface area contributed by atoms with E-state index >= 15 is 0 Å². The molecule has 0 spiro atoms. The fraction of sp³-hybridized carbons (Fsp3) is 0.143. The van der Waals surface area contributed by atoms with Gasteiger partial charge >= 0.3 is 21.1 Å². The molecular weight excluding hydrogens is 826 g/mol. The molecule has 0 unspecified atom stereocenters. The van der Waals surface area contributed by atoms with E-state index in [2.05, 4.69) is 207 Å². The van der Waals surface area contributed by atoms with Crippen molar-refractivity contribution in [1.82, 2.24) is 0 Å². The van der Waals surface area contributed by atoms with Crippen molar-refractivity contribution in [2.45, 2.75) is 38.2 Å². The molecule has 0 saturated heterocycles. The largest absolute Gasteiger partial charge is 2.00 e. The first kappa shape index (κ1) is 40.7. The molecule has 47 heavy (non-hydrogen) atoms. The molecule has 0 heterocycles. The molecule has 0 radical (unpaired) electrons. The van der Waals surface area contributed by atoms with Crippen molar-refractivity contribution in [2.24, 2.45) is 0 Å². The fourth-order valence-corrected chi connectivity index (χ4v) is 8.97. The SMILES string of the molecule is CC(C)[S-].CC(C)[S-].[Pt+2].c1ccc(P(c2ccccc2)c2ccccc2)cc1.c1ccc(P(c2ccccc2)c2ccccc2)cc1. The summed E-state index contributed by atoms with van der Waals surface area (Å²) in [5.41, 5.74) is 0. The Hall–Kier alpha value is -2.43. The second-order valence-corrected chi connectivity index (χ2v) is 17.1. The zero-order valence-corrected chi connectivity index (χ0v) is 33.2. The Labute approximate surface area is 312 Å². The van der Waals surface area contributed by atoms with Gasteiger partial charge in [-0.15, -0.1) is 0 Å². The third-order valence-electron chi connectivity index (χ3n) is 6.09. The van der Waals surface area contributed by atoms with Crippen molar-refractivity contribution >= 4 is 72.9 Å². The molecule has 0 nitrogen and oxygen atoms in total. The molecule has 0 amide bonds. The predicted octanol–water partition coefficient (Wildman–Crippen LogP) is 8.77. The van der Waals surface area contributed by atoms with Crippen LogP contribution in [0.25, 0.3) is 0 Å². The first-order valence-corrected chi connectivity index (χ1v) is 19.2. The topological polar surface area (TPSA) is 0 Å². The van der Waals surface area contributed by atoms with Gasteiger partial charge in [0.15, 0.2) is 0 Å². The summed E-state index contributed by atoms with van der Waals surface area (Å²) in [5.74, 6) is 0. The Balaban J connectivity index is 0.000000262. The van der Waals surface area contributed by atoms with Crippen LogP contribution in [-0.2, 0) is 46.3 Å². The maximum atomic E-state index is 4.62. The van der Waals surface area contributed by atoms with Crippen molar-refractivity contribution in [2.75, 3.05) is 0 Å². The van der Waals surface area contributed by atoms with E-state index in [1.54, 1.807) is 0 Å². The van der Waals surface area contributed by atoms with Crippen LogP contribution in [0.3, 0.4) is 0 Å². The third kappa shape index (κ3) is 15.6. The molecule has 6 rings (SSSR count). The van der Waals surface area contributed by atoms with Crippen molar-refractivity contribution in [3.63, 3.8) is 0 Å². The monoisotopic (exact) mass is 869 g/mol. The number of hydrogen-bond acceptors (Lipinski definition) is 2. The van der Waals surface area contributed by atoms with Crippen LogP contribution in [0.2, 0.25) is 0 Å². The summed E-state index contributed by atoms with van der Waals surface area (Å²) >= 11 is 9.24. The zero-order chi connectivity index (χ0) is 33.0. The van der Waals surface area contributed by atoms with Crippen LogP contribution in [0.15, 0.2) is 182 Å². The van der Waals surface area contributed by atoms with Gasteiger partial charge in [-0.3, -0.25) is 0 Å². The van der Waals surface area contributed by atoms with E-state index in [0.717, 1.165) is 0 Å². The summed E-state index contributed by atoms with van der Waals surface area (Å²) in [7, 11) is -0.892. The van der Waals surface area contributed by atoms with Crippen LogP contribution in [0, 0.1) is 0 Å². The molecule has 6 aromatic carbocycles. The molecule has 0 atom stereocenters. The Bertz CT molecular complexity index is 1270. The van der Waals surface area contributed by atoms with Gasteiger partial charge in [0.1, 0.15) is 0 Å². The van der Waals surface area contributed by atoms with Gasteiger partial charge in [0.25, 0.3) is 0 Å². The molecule has 0 aliphatic carbocycles. The smallest absolute Gasteiger partial charge is 0.790 e. The normalized spacial score (nSPS) is 10.1. The Morgan fingerprint density at radius 1 is 0.298 bits per heavy atom. The Morgan fingerprint density at radius 3 is 0.511 bits per heavy atom. The summed E-state index contributed by atoms with van der Waals surface area (Å²) in [5, 5.41) is 9.22. The van der Waals surface area contributed by atoms with E-state index in [9.17, 15) is 0 Å². The second kappa shape index (κ2) is 23.8. The number of benzene rings is 6. The Kier molecular flexibility index (Phi) is 20.7. The van der Waals surface area contributed by atoms with Crippen molar-refractivity contribution in [3.8, 4) is 0 Å². The zero-order valence-electron chi connectivity index (χ0n) is 27.5. The quantitative estimate of drug-likeness (QED) is 0.121. The van der Waals surface area contributed by atoms with Gasteiger partial charge in [-0.05, 0) is 47.7 Å². The van der Waals surface area contributed by atoms with Gasteiger partial charge in [-0.25, -0.2) is 0 Å². The number of rotatable bonds is 6. The average Bonchev–Trinajstić information content (AvgIpc) is 3.08. The molecule has 0 bridgehead atoms. The van der Waals surface area contributed by atoms with Crippen LogP contribution in [0.5, 0.6) is 0 Å². The molecular formula is C42H44P2PtS2. The maximum absolute atomic E-state index is 4.62. The van der Waals surface area contributed by atoms with E-state index < -0.39 is 15.8 Å². The fourth-order valence-electron chi connectivity index (χ4n) is 4.36. The second-order valence-electron chi connectivity index (χ2n) is 10.8. The van der Waals surface area contributed by atoms with Crippen molar-refractivity contribution in [1.29, 1.82) is 0 Å². The molecule has 0 N–H and O–H groups in total. The molecule has 6 aromatic rings. The minimum Gasteiger partial charge on any atom is -0.790 e.